The van der Waals surface area contributed by atoms with Gasteiger partial charge >= 0.3 is 0 Å². The second-order valence-corrected chi connectivity index (χ2v) is 11.4. The summed E-state index contributed by atoms with van der Waals surface area (Å²) >= 11 is 1.30. The van der Waals surface area contributed by atoms with E-state index >= 15 is 0 Å². The van der Waals surface area contributed by atoms with Crippen LogP contribution in [0.2, 0.25) is 0 Å². The largest absolute Gasteiger partial charge is 0.476 e. The molecule has 0 bridgehead atoms. The van der Waals surface area contributed by atoms with Crippen molar-refractivity contribution in [2.75, 3.05) is 25.6 Å². The summed E-state index contributed by atoms with van der Waals surface area (Å²) in [5, 5.41) is 2.71. The molecule has 1 aromatic heterocycles. The molecule has 3 N–H and O–H groups in total. The van der Waals surface area contributed by atoms with Gasteiger partial charge < -0.3 is 20.5 Å². The lowest BCUT2D eigenvalue weighted by molar-refractivity contribution is -0.119. The van der Waals surface area contributed by atoms with Crippen molar-refractivity contribution in [1.82, 2.24) is 9.97 Å². The summed E-state index contributed by atoms with van der Waals surface area (Å²) in [5.74, 6) is -5.79. The molecule has 1 aliphatic carbocycles. The maximum Gasteiger partial charge on any atom is 0.275 e. The van der Waals surface area contributed by atoms with Gasteiger partial charge in [0.1, 0.15) is 5.69 Å². The fourth-order valence-corrected chi connectivity index (χ4v) is 6.01. The van der Waals surface area contributed by atoms with Crippen molar-refractivity contribution >= 4 is 28.5 Å². The number of aliphatic imine (C=N–C) groups is 1. The van der Waals surface area contributed by atoms with Crippen LogP contribution in [0.25, 0.3) is 0 Å². The van der Waals surface area contributed by atoms with Crippen LogP contribution in [0.3, 0.4) is 0 Å². The van der Waals surface area contributed by atoms with Crippen LogP contribution in [0.5, 0.6) is 5.88 Å². The molecular formula is C24H27F4N5O3S. The molecule has 1 amide bonds. The first-order valence-electron chi connectivity index (χ1n) is 11.5. The Hall–Kier alpha value is -2.93. The highest BCUT2D eigenvalue weighted by atomic mass is 32.2. The lowest BCUT2D eigenvalue weighted by Crippen LogP contribution is -2.43. The molecule has 1 aliphatic heterocycles. The van der Waals surface area contributed by atoms with E-state index in [1.807, 2.05) is 6.92 Å². The summed E-state index contributed by atoms with van der Waals surface area (Å²) in [7, 11) is 1.54. The third kappa shape index (κ3) is 6.15. The lowest BCUT2D eigenvalue weighted by Gasteiger charge is -2.41. The molecule has 37 heavy (non-hydrogen) atoms. The Bertz CT molecular complexity index is 1210. The number of ether oxygens (including phenoxy) is 2. The molecule has 2 heterocycles. The van der Waals surface area contributed by atoms with E-state index < -0.39 is 33.8 Å². The van der Waals surface area contributed by atoms with E-state index in [0.717, 1.165) is 12.3 Å². The summed E-state index contributed by atoms with van der Waals surface area (Å²) in [6.45, 7) is 3.93. The molecule has 4 rings (SSSR count). The van der Waals surface area contributed by atoms with Crippen LogP contribution in [0.15, 0.2) is 29.5 Å². The molecule has 0 radical (unpaired) electrons. The monoisotopic (exact) mass is 541 g/mol. The molecule has 1 fully saturated rings. The number of halogens is 4. The van der Waals surface area contributed by atoms with Crippen molar-refractivity contribution in [3.05, 3.63) is 47.4 Å². The van der Waals surface area contributed by atoms with Gasteiger partial charge in [-0.15, -0.1) is 0 Å². The number of rotatable bonds is 8. The van der Waals surface area contributed by atoms with Gasteiger partial charge in [0.15, 0.2) is 16.8 Å². The number of anilines is 1. The van der Waals surface area contributed by atoms with Crippen LogP contribution in [0.4, 0.5) is 23.2 Å². The fraction of sp³-hybridized carbons (Fsp3) is 0.500. The van der Waals surface area contributed by atoms with E-state index in [1.165, 1.54) is 24.0 Å². The van der Waals surface area contributed by atoms with Crippen LogP contribution < -0.4 is 15.8 Å². The SMILES string of the molecule is COC[C@@]1(C)C[C@@](C)(c2cc(NC(=O)c3cnc(OCC4CC(F)(F)C4)cn3)cc(F)c2F)N=C(N)S1. The van der Waals surface area contributed by atoms with Gasteiger partial charge in [-0.05, 0) is 26.3 Å². The molecule has 0 unspecified atom stereocenters. The molecular weight excluding hydrogens is 514 g/mol. The van der Waals surface area contributed by atoms with E-state index in [0.29, 0.717) is 13.0 Å². The van der Waals surface area contributed by atoms with Crippen molar-refractivity contribution in [2.24, 2.45) is 16.6 Å². The number of methoxy groups -OCH3 is 1. The van der Waals surface area contributed by atoms with Crippen LogP contribution in [-0.2, 0) is 10.3 Å². The molecule has 2 aliphatic rings. The first-order valence-corrected chi connectivity index (χ1v) is 12.3. The highest BCUT2D eigenvalue weighted by Gasteiger charge is 2.46. The van der Waals surface area contributed by atoms with Crippen LogP contribution >= 0.6 is 11.8 Å². The van der Waals surface area contributed by atoms with E-state index in [-0.39, 0.29) is 53.4 Å². The number of alkyl halides is 2. The number of carbonyl (C=O) groups excluding carboxylic acids is 1. The number of thioether (sulfide) groups is 1. The Kier molecular flexibility index (Phi) is 7.39. The predicted octanol–water partition coefficient (Wildman–Crippen LogP) is 4.50. The number of nitrogens with two attached hydrogens (primary N) is 1. The van der Waals surface area contributed by atoms with Crippen molar-refractivity contribution in [3.63, 3.8) is 0 Å². The Balaban J connectivity index is 1.48. The zero-order chi connectivity index (χ0) is 27.0. The summed E-state index contributed by atoms with van der Waals surface area (Å²) in [6.07, 6.45) is 2.16. The van der Waals surface area contributed by atoms with Crippen LogP contribution in [-0.4, -0.2) is 52.0 Å². The van der Waals surface area contributed by atoms with Crippen LogP contribution in [0.1, 0.15) is 49.2 Å². The van der Waals surface area contributed by atoms with Gasteiger partial charge in [0.2, 0.25) is 11.8 Å². The van der Waals surface area contributed by atoms with Crippen molar-refractivity contribution in [3.8, 4) is 5.88 Å². The molecule has 2 atom stereocenters. The maximum absolute atomic E-state index is 15.0. The number of amides is 1. The van der Waals surface area contributed by atoms with Crippen molar-refractivity contribution in [2.45, 2.75) is 49.3 Å². The highest BCUT2D eigenvalue weighted by Crippen LogP contribution is 2.46. The average molecular weight is 542 g/mol. The Morgan fingerprint density at radius 2 is 1.95 bits per heavy atom. The first-order chi connectivity index (χ1) is 17.3. The first kappa shape index (κ1) is 27.1. The Labute approximate surface area is 215 Å². The quantitative estimate of drug-likeness (QED) is 0.473. The Morgan fingerprint density at radius 1 is 1.22 bits per heavy atom. The molecule has 0 spiro atoms. The van der Waals surface area contributed by atoms with E-state index in [4.69, 9.17) is 15.2 Å². The number of hydrogen-bond donors (Lipinski definition) is 2. The summed E-state index contributed by atoms with van der Waals surface area (Å²) in [6, 6.07) is 2.17. The standard InChI is InChI=1S/C24H27F4N5O3S/c1-22(12-35-3)11-23(2,33-21(29)37-22)15-4-14(5-16(25)19(15)26)32-20(34)17-8-31-18(9-30-17)36-10-13-6-24(27,28)7-13/h4-5,8-9,13H,6-7,10-12H2,1-3H3,(H2,29,33)(H,32,34)/t22-,23+/m1/s1. The number of benzene rings is 1. The molecule has 1 saturated carbocycles. The minimum absolute atomic E-state index is 0.00592. The van der Waals surface area contributed by atoms with Gasteiger partial charge in [-0.3, -0.25) is 9.79 Å². The number of carbonyl (C=O) groups is 1. The molecule has 8 nitrogen and oxygen atoms in total. The second kappa shape index (κ2) is 10.1. The zero-order valence-electron chi connectivity index (χ0n) is 20.5. The number of aromatic nitrogens is 2. The smallest absolute Gasteiger partial charge is 0.275 e. The number of hydrogen-bond acceptors (Lipinski definition) is 8. The van der Waals surface area contributed by atoms with E-state index in [1.54, 1.807) is 14.0 Å². The van der Waals surface area contributed by atoms with E-state index in [9.17, 15) is 22.4 Å². The Morgan fingerprint density at radius 3 is 2.57 bits per heavy atom. The lowest BCUT2D eigenvalue weighted by atomic mass is 9.82. The molecule has 2 aromatic rings. The average Bonchev–Trinajstić information content (AvgIpc) is 2.77. The highest BCUT2D eigenvalue weighted by molar-refractivity contribution is 8.15. The molecule has 0 saturated heterocycles. The minimum Gasteiger partial charge on any atom is -0.476 e. The third-order valence-electron chi connectivity index (χ3n) is 6.24. The molecule has 1 aromatic carbocycles. The number of amidine groups is 1. The third-order valence-corrected chi connectivity index (χ3v) is 7.30. The van der Waals surface area contributed by atoms with Gasteiger partial charge in [0, 0.05) is 47.9 Å². The van der Waals surface area contributed by atoms with Gasteiger partial charge in [-0.25, -0.2) is 27.5 Å². The van der Waals surface area contributed by atoms with Gasteiger partial charge in [-0.2, -0.15) is 0 Å². The van der Waals surface area contributed by atoms with Gasteiger partial charge in [0.05, 0.1) is 31.1 Å². The molecule has 13 heteroatoms. The van der Waals surface area contributed by atoms with Gasteiger partial charge in [0.25, 0.3) is 5.91 Å². The minimum atomic E-state index is -2.64. The summed E-state index contributed by atoms with van der Waals surface area (Å²) < 4.78 is 65.5. The van der Waals surface area contributed by atoms with Crippen LogP contribution in [0, 0.1) is 17.6 Å². The topological polar surface area (TPSA) is 112 Å². The number of nitrogens with zero attached hydrogens (tertiary/aromatic N) is 3. The van der Waals surface area contributed by atoms with Crippen molar-refractivity contribution in [1.29, 1.82) is 0 Å². The normalized spacial score (nSPS) is 25.2. The fourth-order valence-electron chi connectivity index (χ4n) is 4.73. The second-order valence-electron chi connectivity index (χ2n) is 9.84. The maximum atomic E-state index is 15.0. The predicted molar refractivity (Wildman–Crippen MR) is 131 cm³/mol. The summed E-state index contributed by atoms with van der Waals surface area (Å²) in [4.78, 5) is 25.0. The van der Waals surface area contributed by atoms with E-state index in [2.05, 4.69) is 20.3 Å². The van der Waals surface area contributed by atoms with Gasteiger partial charge in [-0.1, -0.05) is 11.8 Å². The van der Waals surface area contributed by atoms with Crippen molar-refractivity contribution < 1.29 is 31.8 Å². The zero-order valence-corrected chi connectivity index (χ0v) is 21.3. The molecule has 200 valence electrons. The number of nitrogens with one attached hydrogen (secondary N) is 1. The summed E-state index contributed by atoms with van der Waals surface area (Å²) in [5.41, 5.74) is 4.63.